The van der Waals surface area contributed by atoms with Crippen LogP contribution in [0.25, 0.3) is 0 Å². The third-order valence-corrected chi connectivity index (χ3v) is 10.0. The van der Waals surface area contributed by atoms with Crippen molar-refractivity contribution < 1.29 is 53.4 Å². The molecule has 0 fully saturated rings. The van der Waals surface area contributed by atoms with E-state index in [9.17, 15) is 49.0 Å². The van der Waals surface area contributed by atoms with E-state index in [1.165, 1.54) is 13.1 Å². The smallest absolute Gasteiger partial charge is 0.200 e. The Balaban J connectivity index is 2.91. The van der Waals surface area contributed by atoms with Crippen LogP contribution in [0.1, 0.15) is 44.1 Å². The van der Waals surface area contributed by atoms with Gasteiger partial charge in [0, 0.05) is 0 Å². The first-order chi connectivity index (χ1) is 14.9. The van der Waals surface area contributed by atoms with Crippen LogP contribution < -0.4 is 0 Å². The number of halogens is 10. The summed E-state index contributed by atoms with van der Waals surface area (Å²) in [5, 5.41) is 9.70. The predicted molar refractivity (Wildman–Crippen MR) is 98.4 cm³/mol. The molecule has 33 heavy (non-hydrogen) atoms. The summed E-state index contributed by atoms with van der Waals surface area (Å²) in [5.41, 5.74) is -3.79. The lowest BCUT2D eigenvalue weighted by Crippen LogP contribution is -2.43. The van der Waals surface area contributed by atoms with Crippen molar-refractivity contribution in [1.82, 2.24) is 0 Å². The van der Waals surface area contributed by atoms with Crippen LogP contribution in [0.15, 0.2) is 0 Å². The quantitative estimate of drug-likeness (QED) is 0.207. The van der Waals surface area contributed by atoms with Gasteiger partial charge in [-0.25, -0.2) is 43.9 Å². The van der Waals surface area contributed by atoms with Gasteiger partial charge in [-0.15, -0.1) is 0 Å². The minimum atomic E-state index is -3.35. The summed E-state index contributed by atoms with van der Waals surface area (Å²) in [6.45, 7) is 7.44. The van der Waals surface area contributed by atoms with Gasteiger partial charge in [0.25, 0.3) is 0 Å². The number of benzene rings is 2. The monoisotopic (exact) mass is 508 g/mol. The van der Waals surface area contributed by atoms with Crippen molar-refractivity contribution in [3.8, 4) is 0 Å². The molecule has 0 aliphatic carbocycles. The topological polar surface area (TPSA) is 29.5 Å². The van der Waals surface area contributed by atoms with Gasteiger partial charge in [0.1, 0.15) is 12.2 Å². The second-order valence-electron chi connectivity index (χ2n) is 8.71. The highest BCUT2D eigenvalue weighted by atomic mass is 28.4. The molecule has 2 rings (SSSR count). The van der Waals surface area contributed by atoms with Crippen molar-refractivity contribution in [2.45, 2.75) is 51.1 Å². The van der Waals surface area contributed by atoms with Gasteiger partial charge in [0.2, 0.25) is 11.6 Å². The molecule has 13 heteroatoms. The van der Waals surface area contributed by atoms with Gasteiger partial charge < -0.3 is 9.53 Å². The van der Waals surface area contributed by atoms with E-state index in [4.69, 9.17) is 4.43 Å². The first-order valence-corrected chi connectivity index (χ1v) is 12.2. The molecule has 0 saturated carbocycles. The molecule has 1 N–H and O–H groups in total. The number of rotatable bonds is 5. The second-order valence-corrected chi connectivity index (χ2v) is 13.5. The fourth-order valence-corrected chi connectivity index (χ4v) is 3.92. The predicted octanol–water partition coefficient (Wildman–Crippen LogP) is 6.87. The molecule has 2 atom stereocenters. The maximum Gasteiger partial charge on any atom is 0.200 e. The highest BCUT2D eigenvalue weighted by molar-refractivity contribution is 6.74. The molecule has 2 nitrogen and oxygen atoms in total. The van der Waals surface area contributed by atoms with Crippen LogP contribution in [-0.4, -0.2) is 13.4 Å². The Morgan fingerprint density at radius 1 is 0.576 bits per heavy atom. The Labute approximate surface area is 182 Å². The standard InChI is InChI=1S/C20H18F10O2Si/c1-20(2,3)33(4,5)32-19(7-10(23)14(27)17(30)15(28)11(7)24)18(31)6-8(21)12(25)16(29)13(26)9(6)22/h18-19,31H,1-5H3. The van der Waals surface area contributed by atoms with Crippen molar-refractivity contribution in [3.05, 3.63) is 69.3 Å². The van der Waals surface area contributed by atoms with E-state index in [-0.39, 0.29) is 0 Å². The molecular weight excluding hydrogens is 490 g/mol. The molecule has 0 aliphatic rings. The van der Waals surface area contributed by atoms with E-state index in [0.29, 0.717) is 0 Å². The molecule has 0 aromatic heterocycles. The lowest BCUT2D eigenvalue weighted by Gasteiger charge is -2.40. The van der Waals surface area contributed by atoms with Gasteiger partial charge in [-0.05, 0) is 18.1 Å². The van der Waals surface area contributed by atoms with E-state index >= 15 is 0 Å². The van der Waals surface area contributed by atoms with Crippen LogP contribution in [0.3, 0.4) is 0 Å². The molecule has 0 bridgehead atoms. The summed E-state index contributed by atoms with van der Waals surface area (Å²) < 4.78 is 145. The Morgan fingerprint density at radius 3 is 1.15 bits per heavy atom. The van der Waals surface area contributed by atoms with Gasteiger partial charge in [-0.3, -0.25) is 0 Å². The molecule has 184 valence electrons. The zero-order valence-corrected chi connectivity index (χ0v) is 18.8. The summed E-state index contributed by atoms with van der Waals surface area (Å²) in [7, 11) is -3.35. The molecular formula is C20H18F10O2Si. The largest absolute Gasteiger partial charge is 0.407 e. The normalized spacial score (nSPS) is 14.5. The molecule has 2 aromatic carbocycles. The highest BCUT2D eigenvalue weighted by Gasteiger charge is 2.46. The summed E-state index contributed by atoms with van der Waals surface area (Å²) in [5.74, 6) is -25.2. The van der Waals surface area contributed by atoms with Crippen molar-refractivity contribution in [1.29, 1.82) is 0 Å². The van der Waals surface area contributed by atoms with Crippen LogP contribution in [0.4, 0.5) is 43.9 Å². The van der Waals surface area contributed by atoms with Crippen LogP contribution in [0, 0.1) is 58.2 Å². The fraction of sp³-hybridized carbons (Fsp3) is 0.400. The summed E-state index contributed by atoms with van der Waals surface area (Å²) in [4.78, 5) is 0. The van der Waals surface area contributed by atoms with Crippen LogP contribution in [-0.2, 0) is 4.43 Å². The average Bonchev–Trinajstić information content (AvgIpc) is 2.72. The van der Waals surface area contributed by atoms with Crippen molar-refractivity contribution in [2.24, 2.45) is 0 Å². The Kier molecular flexibility index (Phi) is 7.32. The molecule has 0 aliphatic heterocycles. The molecule has 2 aromatic rings. The number of aliphatic hydroxyl groups excluding tert-OH is 1. The lowest BCUT2D eigenvalue weighted by molar-refractivity contribution is 0.0144. The Hall–Kier alpha value is -2.12. The second kappa shape index (κ2) is 8.91. The van der Waals surface area contributed by atoms with E-state index in [0.717, 1.165) is 0 Å². The van der Waals surface area contributed by atoms with E-state index in [1.807, 2.05) is 0 Å². The average molecular weight is 508 g/mol. The van der Waals surface area contributed by atoms with E-state index in [2.05, 4.69) is 0 Å². The van der Waals surface area contributed by atoms with Crippen molar-refractivity contribution in [2.75, 3.05) is 0 Å². The van der Waals surface area contributed by atoms with Crippen molar-refractivity contribution >= 4 is 8.32 Å². The Morgan fingerprint density at radius 2 is 0.848 bits per heavy atom. The zero-order chi connectivity index (χ0) is 25.8. The first kappa shape index (κ1) is 27.1. The number of hydrogen-bond donors (Lipinski definition) is 1. The third kappa shape index (κ3) is 4.49. The molecule has 0 spiro atoms. The molecule has 0 radical (unpaired) electrons. The molecule has 0 amide bonds. The first-order valence-electron chi connectivity index (χ1n) is 9.25. The number of hydrogen-bond acceptors (Lipinski definition) is 2. The third-order valence-electron chi connectivity index (χ3n) is 5.58. The maximum atomic E-state index is 14.5. The van der Waals surface area contributed by atoms with Crippen LogP contribution >= 0.6 is 0 Å². The molecule has 2 unspecified atom stereocenters. The van der Waals surface area contributed by atoms with Crippen LogP contribution in [0.2, 0.25) is 18.1 Å². The summed E-state index contributed by atoms with van der Waals surface area (Å²) in [6.07, 6.45) is -5.79. The minimum absolute atomic E-state index is 0.856. The van der Waals surface area contributed by atoms with Gasteiger partial charge in [0.05, 0.1) is 11.1 Å². The van der Waals surface area contributed by atoms with Crippen LogP contribution in [0.5, 0.6) is 0 Å². The molecule has 0 heterocycles. The van der Waals surface area contributed by atoms with Gasteiger partial charge in [0.15, 0.2) is 54.9 Å². The number of aliphatic hydroxyl groups is 1. The minimum Gasteiger partial charge on any atom is -0.407 e. The fourth-order valence-electron chi connectivity index (χ4n) is 2.68. The lowest BCUT2D eigenvalue weighted by atomic mass is 9.95. The SMILES string of the molecule is CC(C)(C)[Si](C)(C)OC(c1c(F)c(F)c(F)c(F)c1F)C(O)c1c(F)c(F)c(F)c(F)c1F. The van der Waals surface area contributed by atoms with Gasteiger partial charge in [-0.1, -0.05) is 20.8 Å². The summed E-state index contributed by atoms with van der Waals surface area (Å²) in [6, 6.07) is 0. The van der Waals surface area contributed by atoms with Crippen molar-refractivity contribution in [3.63, 3.8) is 0 Å². The van der Waals surface area contributed by atoms with Gasteiger partial charge >= 0.3 is 0 Å². The Bertz CT molecular complexity index is 1040. The van der Waals surface area contributed by atoms with Gasteiger partial charge in [-0.2, -0.15) is 0 Å². The van der Waals surface area contributed by atoms with E-state index in [1.54, 1.807) is 20.8 Å². The summed E-state index contributed by atoms with van der Waals surface area (Å²) >= 11 is 0. The molecule has 0 saturated heterocycles. The zero-order valence-electron chi connectivity index (χ0n) is 17.8. The highest BCUT2D eigenvalue weighted by Crippen LogP contribution is 2.46. The maximum absolute atomic E-state index is 14.5. The van der Waals surface area contributed by atoms with E-state index < -0.39 is 94.9 Å².